The number of fused-ring (bicyclic) bond motifs is 2. The maximum Gasteiger partial charge on any atom is 0.253 e. The van der Waals surface area contributed by atoms with Crippen LogP contribution < -0.4 is 9.21 Å². The minimum atomic E-state index is -3.29. The molecule has 0 saturated carbocycles. The Hall–Kier alpha value is -2.72. The summed E-state index contributed by atoms with van der Waals surface area (Å²) in [5, 5.41) is 0.939. The maximum absolute atomic E-state index is 13.0. The Balaban J connectivity index is 1.28. The normalized spacial score (nSPS) is 16.9. The van der Waals surface area contributed by atoms with E-state index < -0.39 is 10.0 Å². The van der Waals surface area contributed by atoms with Gasteiger partial charge in [-0.25, -0.2) is 18.4 Å². The lowest BCUT2D eigenvalue weighted by Gasteiger charge is -2.34. The van der Waals surface area contributed by atoms with E-state index in [9.17, 15) is 13.2 Å². The SMILES string of the molecule is CS(=O)(=O)N1CCc2cc(C(=O)N3CCN(c4nc5cccnc5s4)CC3)ccc21. The molecule has 1 aromatic carbocycles. The number of sulfonamides is 1. The number of pyridine rings is 1. The molecule has 2 aromatic heterocycles. The number of thiazole rings is 1. The molecule has 10 heteroatoms. The lowest BCUT2D eigenvalue weighted by Crippen LogP contribution is -2.48. The molecule has 0 spiro atoms. The first-order valence-electron chi connectivity index (χ1n) is 9.76. The second-order valence-corrected chi connectivity index (χ2v) is 10.4. The molecule has 4 heterocycles. The van der Waals surface area contributed by atoms with E-state index in [1.807, 2.05) is 23.1 Å². The number of carbonyl (C=O) groups is 1. The van der Waals surface area contributed by atoms with Gasteiger partial charge in [-0.15, -0.1) is 0 Å². The number of aromatic nitrogens is 2. The van der Waals surface area contributed by atoms with Gasteiger partial charge >= 0.3 is 0 Å². The van der Waals surface area contributed by atoms with Gasteiger partial charge in [0, 0.05) is 44.5 Å². The highest BCUT2D eigenvalue weighted by molar-refractivity contribution is 7.92. The first-order chi connectivity index (χ1) is 14.4. The molecule has 5 rings (SSSR count). The lowest BCUT2D eigenvalue weighted by atomic mass is 10.1. The van der Waals surface area contributed by atoms with Crippen molar-refractivity contribution in [2.75, 3.05) is 48.2 Å². The van der Waals surface area contributed by atoms with E-state index in [2.05, 4.69) is 14.9 Å². The minimum absolute atomic E-state index is 0.0128. The first-order valence-corrected chi connectivity index (χ1v) is 12.4. The molecule has 8 nitrogen and oxygen atoms in total. The molecule has 30 heavy (non-hydrogen) atoms. The van der Waals surface area contributed by atoms with Crippen molar-refractivity contribution in [2.24, 2.45) is 0 Å². The minimum Gasteiger partial charge on any atom is -0.344 e. The summed E-state index contributed by atoms with van der Waals surface area (Å²) in [4.78, 5) is 27.0. The molecule has 0 radical (unpaired) electrons. The Labute approximate surface area is 178 Å². The van der Waals surface area contributed by atoms with Crippen molar-refractivity contribution in [2.45, 2.75) is 6.42 Å². The Bertz CT molecular complexity index is 1200. The zero-order valence-electron chi connectivity index (χ0n) is 16.5. The number of hydrogen-bond donors (Lipinski definition) is 0. The van der Waals surface area contributed by atoms with Gasteiger partial charge in [0.1, 0.15) is 10.3 Å². The van der Waals surface area contributed by atoms with Crippen LogP contribution in [0.15, 0.2) is 36.5 Å². The van der Waals surface area contributed by atoms with Crippen molar-refractivity contribution in [3.63, 3.8) is 0 Å². The van der Waals surface area contributed by atoms with Crippen molar-refractivity contribution in [1.29, 1.82) is 0 Å². The fraction of sp³-hybridized carbons (Fsp3) is 0.350. The van der Waals surface area contributed by atoms with Crippen molar-refractivity contribution in [3.8, 4) is 0 Å². The fourth-order valence-corrected chi connectivity index (χ4v) is 5.94. The van der Waals surface area contributed by atoms with E-state index in [0.717, 1.165) is 34.1 Å². The number of benzene rings is 1. The third-order valence-corrected chi connectivity index (χ3v) is 7.79. The predicted molar refractivity (Wildman–Crippen MR) is 118 cm³/mol. The molecule has 1 saturated heterocycles. The zero-order chi connectivity index (χ0) is 20.9. The molecule has 1 amide bonds. The third kappa shape index (κ3) is 3.39. The average molecular weight is 444 g/mol. The van der Waals surface area contributed by atoms with Gasteiger partial charge in [-0.3, -0.25) is 9.10 Å². The Morgan fingerprint density at radius 3 is 2.63 bits per heavy atom. The monoisotopic (exact) mass is 443 g/mol. The molecule has 0 aliphatic carbocycles. The molecule has 156 valence electrons. The highest BCUT2D eigenvalue weighted by atomic mass is 32.2. The summed E-state index contributed by atoms with van der Waals surface area (Å²) in [6.45, 7) is 3.11. The predicted octanol–water partition coefficient (Wildman–Crippen LogP) is 1.98. The lowest BCUT2D eigenvalue weighted by molar-refractivity contribution is 0.0746. The van der Waals surface area contributed by atoms with Gasteiger partial charge in [0.2, 0.25) is 10.0 Å². The summed E-state index contributed by atoms with van der Waals surface area (Å²) in [6.07, 6.45) is 3.61. The molecular weight excluding hydrogens is 422 g/mol. The number of nitrogens with zero attached hydrogens (tertiary/aromatic N) is 5. The summed E-state index contributed by atoms with van der Waals surface area (Å²) in [5.41, 5.74) is 3.11. The van der Waals surface area contributed by atoms with Gasteiger partial charge < -0.3 is 9.80 Å². The maximum atomic E-state index is 13.0. The average Bonchev–Trinajstić information content (AvgIpc) is 3.37. The van der Waals surface area contributed by atoms with Crippen LogP contribution in [-0.2, 0) is 16.4 Å². The van der Waals surface area contributed by atoms with Crippen LogP contribution in [0.25, 0.3) is 10.3 Å². The van der Waals surface area contributed by atoms with Crippen molar-refractivity contribution in [3.05, 3.63) is 47.7 Å². The molecule has 0 atom stereocenters. The van der Waals surface area contributed by atoms with Gasteiger partial charge in [0.25, 0.3) is 5.91 Å². The van der Waals surface area contributed by atoms with Crippen molar-refractivity contribution in [1.82, 2.24) is 14.9 Å². The highest BCUT2D eigenvalue weighted by Gasteiger charge is 2.29. The number of anilines is 2. The molecule has 0 N–H and O–H groups in total. The molecule has 0 bridgehead atoms. The molecule has 3 aromatic rings. The Morgan fingerprint density at radius 2 is 1.90 bits per heavy atom. The molecule has 0 unspecified atom stereocenters. The van der Waals surface area contributed by atoms with Crippen LogP contribution >= 0.6 is 11.3 Å². The van der Waals surface area contributed by atoms with Gasteiger partial charge in [0.15, 0.2) is 5.13 Å². The van der Waals surface area contributed by atoms with E-state index in [0.29, 0.717) is 37.3 Å². The van der Waals surface area contributed by atoms with Crippen LogP contribution in [0.5, 0.6) is 0 Å². The third-order valence-electron chi connectivity index (χ3n) is 5.57. The summed E-state index contributed by atoms with van der Waals surface area (Å²) in [7, 11) is -3.29. The van der Waals surface area contributed by atoms with Gasteiger partial charge in [-0.2, -0.15) is 0 Å². The van der Waals surface area contributed by atoms with E-state index >= 15 is 0 Å². The molecule has 1 fully saturated rings. The Kier molecular flexibility index (Phi) is 4.62. The fourth-order valence-electron chi connectivity index (χ4n) is 4.03. The largest absolute Gasteiger partial charge is 0.344 e. The Morgan fingerprint density at radius 1 is 1.10 bits per heavy atom. The van der Waals surface area contributed by atoms with Crippen LogP contribution in [0.4, 0.5) is 10.8 Å². The number of piperazine rings is 1. The van der Waals surface area contributed by atoms with E-state index in [1.54, 1.807) is 29.7 Å². The van der Waals surface area contributed by atoms with Crippen LogP contribution in [-0.4, -0.2) is 68.2 Å². The van der Waals surface area contributed by atoms with Crippen LogP contribution in [0.3, 0.4) is 0 Å². The second-order valence-electron chi connectivity index (χ2n) is 7.53. The summed E-state index contributed by atoms with van der Waals surface area (Å²) in [6, 6.07) is 9.17. The van der Waals surface area contributed by atoms with Gasteiger partial charge in [-0.05, 0) is 42.3 Å². The summed E-state index contributed by atoms with van der Waals surface area (Å²) in [5.74, 6) is -0.0128. The number of rotatable bonds is 3. The number of hydrogen-bond acceptors (Lipinski definition) is 7. The number of amides is 1. The van der Waals surface area contributed by atoms with E-state index in [4.69, 9.17) is 0 Å². The van der Waals surface area contributed by atoms with Crippen LogP contribution in [0.1, 0.15) is 15.9 Å². The zero-order valence-corrected chi connectivity index (χ0v) is 18.1. The second kappa shape index (κ2) is 7.21. The molecule has 2 aliphatic heterocycles. The smallest absolute Gasteiger partial charge is 0.253 e. The van der Waals surface area contributed by atoms with Gasteiger partial charge in [0.05, 0.1) is 11.9 Å². The van der Waals surface area contributed by atoms with Crippen LogP contribution in [0, 0.1) is 0 Å². The number of carbonyl (C=O) groups excluding carboxylic acids is 1. The quantitative estimate of drug-likeness (QED) is 0.615. The van der Waals surface area contributed by atoms with E-state index in [1.165, 1.54) is 10.6 Å². The summed E-state index contributed by atoms with van der Waals surface area (Å²) < 4.78 is 25.2. The van der Waals surface area contributed by atoms with Crippen molar-refractivity contribution < 1.29 is 13.2 Å². The highest BCUT2D eigenvalue weighted by Crippen LogP contribution is 2.31. The van der Waals surface area contributed by atoms with Crippen LogP contribution in [0.2, 0.25) is 0 Å². The van der Waals surface area contributed by atoms with Crippen molar-refractivity contribution >= 4 is 48.4 Å². The molecule has 2 aliphatic rings. The standard InChI is InChI=1S/C20H21N5O3S2/c1-30(27,28)25-8-6-14-13-15(4-5-17(14)25)19(26)23-9-11-24(12-10-23)20-22-16-3-2-7-21-18(16)29-20/h2-5,7,13H,6,8-12H2,1H3. The van der Waals surface area contributed by atoms with E-state index in [-0.39, 0.29) is 5.91 Å². The topological polar surface area (TPSA) is 86.7 Å². The van der Waals surface area contributed by atoms with Gasteiger partial charge in [-0.1, -0.05) is 11.3 Å². The first kappa shape index (κ1) is 19.3. The molecular formula is C20H21N5O3S2. The summed E-state index contributed by atoms with van der Waals surface area (Å²) >= 11 is 1.57.